The number of allylic oxidation sites excluding steroid dienone is 1. The second-order valence-corrected chi connectivity index (χ2v) is 6.68. The van der Waals surface area contributed by atoms with Crippen molar-refractivity contribution in [3.63, 3.8) is 0 Å². The third-order valence-corrected chi connectivity index (χ3v) is 4.27. The van der Waals surface area contributed by atoms with Gasteiger partial charge in [0.05, 0.1) is 11.2 Å². The van der Waals surface area contributed by atoms with Gasteiger partial charge in [0.15, 0.2) is 0 Å². The molecule has 1 fully saturated rings. The van der Waals surface area contributed by atoms with Gasteiger partial charge in [-0.05, 0) is 45.6 Å². The molecular formula is C17H25BO2. The minimum atomic E-state index is -0.259. The summed E-state index contributed by atoms with van der Waals surface area (Å²) in [7, 11) is -0.238. The first-order valence-corrected chi connectivity index (χ1v) is 7.38. The van der Waals surface area contributed by atoms with Crippen molar-refractivity contribution in [1.82, 2.24) is 0 Å². The molecule has 1 aromatic rings. The average molecular weight is 272 g/mol. The first-order chi connectivity index (χ1) is 9.30. The van der Waals surface area contributed by atoms with E-state index in [0.717, 1.165) is 6.42 Å². The Hall–Kier alpha value is -1.06. The first-order valence-electron chi connectivity index (χ1n) is 7.38. The van der Waals surface area contributed by atoms with Crippen LogP contribution in [0.4, 0.5) is 0 Å². The van der Waals surface area contributed by atoms with E-state index in [1.54, 1.807) is 0 Å². The Morgan fingerprint density at radius 2 is 1.60 bits per heavy atom. The molecule has 108 valence electrons. The van der Waals surface area contributed by atoms with Gasteiger partial charge in [0, 0.05) is 0 Å². The van der Waals surface area contributed by atoms with Crippen molar-refractivity contribution in [2.45, 2.75) is 52.2 Å². The molecule has 0 spiro atoms. The zero-order chi connectivity index (χ0) is 14.8. The van der Waals surface area contributed by atoms with Crippen LogP contribution in [0.2, 0.25) is 0 Å². The second-order valence-electron chi connectivity index (χ2n) is 6.68. The standard InChI is InChI=1S/C17H25BO2/c1-14(13-15-9-7-6-8-10-15)11-12-18-19-16(2,3)17(4,5)20-18/h6-12,14H,13H2,1-5H3/b12-11+. The SMILES string of the molecule is CC(/C=C/B1OC(C)(C)C(C)(C)O1)Cc1ccccc1. The summed E-state index contributed by atoms with van der Waals surface area (Å²) in [6.45, 7) is 10.5. The summed E-state index contributed by atoms with van der Waals surface area (Å²) in [5.41, 5.74) is 0.841. The van der Waals surface area contributed by atoms with Gasteiger partial charge in [-0.25, -0.2) is 0 Å². The van der Waals surface area contributed by atoms with Gasteiger partial charge in [0.1, 0.15) is 0 Å². The van der Waals surface area contributed by atoms with Gasteiger partial charge in [0.2, 0.25) is 0 Å². The van der Waals surface area contributed by atoms with Gasteiger partial charge < -0.3 is 9.31 Å². The molecule has 3 heteroatoms. The van der Waals surface area contributed by atoms with E-state index in [-0.39, 0.29) is 18.3 Å². The quantitative estimate of drug-likeness (QED) is 0.770. The summed E-state index contributed by atoms with van der Waals surface area (Å²) in [5.74, 6) is 2.51. The first kappa shape index (κ1) is 15.3. The van der Waals surface area contributed by atoms with E-state index in [4.69, 9.17) is 9.31 Å². The monoisotopic (exact) mass is 272 g/mol. The maximum atomic E-state index is 5.96. The highest BCUT2D eigenvalue weighted by Crippen LogP contribution is 2.36. The molecule has 0 radical (unpaired) electrons. The maximum absolute atomic E-state index is 5.96. The van der Waals surface area contributed by atoms with Crippen LogP contribution in [0.3, 0.4) is 0 Å². The minimum Gasteiger partial charge on any atom is -0.400 e. The number of rotatable bonds is 4. The third-order valence-electron chi connectivity index (χ3n) is 4.27. The van der Waals surface area contributed by atoms with Gasteiger partial charge in [-0.1, -0.05) is 49.3 Å². The van der Waals surface area contributed by atoms with E-state index in [1.165, 1.54) is 5.56 Å². The minimum absolute atomic E-state index is 0.238. The Balaban J connectivity index is 1.91. The van der Waals surface area contributed by atoms with Crippen molar-refractivity contribution in [2.24, 2.45) is 5.92 Å². The van der Waals surface area contributed by atoms with Crippen LogP contribution in [-0.2, 0) is 15.7 Å². The lowest BCUT2D eigenvalue weighted by Crippen LogP contribution is -2.41. The van der Waals surface area contributed by atoms with Crippen LogP contribution in [0.5, 0.6) is 0 Å². The van der Waals surface area contributed by atoms with Crippen molar-refractivity contribution in [2.75, 3.05) is 0 Å². The highest BCUT2D eigenvalue weighted by atomic mass is 16.7. The summed E-state index contributed by atoms with van der Waals surface area (Å²) < 4.78 is 11.9. The molecule has 1 aliphatic rings. The van der Waals surface area contributed by atoms with Gasteiger partial charge in [-0.3, -0.25) is 0 Å². The average Bonchev–Trinajstić information content (AvgIpc) is 2.57. The maximum Gasteiger partial charge on any atom is 0.486 e. The molecule has 1 heterocycles. The molecule has 0 bridgehead atoms. The van der Waals surface area contributed by atoms with Gasteiger partial charge in [0.25, 0.3) is 0 Å². The number of benzene rings is 1. The number of hydrogen-bond acceptors (Lipinski definition) is 2. The highest BCUT2D eigenvalue weighted by molar-refractivity contribution is 6.51. The molecule has 0 aliphatic carbocycles. The normalized spacial score (nSPS) is 22.4. The zero-order valence-electron chi connectivity index (χ0n) is 13.2. The lowest BCUT2D eigenvalue weighted by Gasteiger charge is -2.32. The number of hydrogen-bond donors (Lipinski definition) is 0. The van der Waals surface area contributed by atoms with Crippen LogP contribution >= 0.6 is 0 Å². The molecule has 0 amide bonds. The molecule has 1 aromatic carbocycles. The van der Waals surface area contributed by atoms with Crippen molar-refractivity contribution in [1.29, 1.82) is 0 Å². The Labute approximate surface area is 123 Å². The third kappa shape index (κ3) is 3.53. The molecule has 1 unspecified atom stereocenters. The van der Waals surface area contributed by atoms with Crippen LogP contribution < -0.4 is 0 Å². The fourth-order valence-corrected chi connectivity index (χ4v) is 2.30. The summed E-state index contributed by atoms with van der Waals surface area (Å²) in [6, 6.07) is 10.5. The summed E-state index contributed by atoms with van der Waals surface area (Å²) in [5, 5.41) is 0. The zero-order valence-corrected chi connectivity index (χ0v) is 13.2. The molecule has 2 rings (SSSR count). The fourth-order valence-electron chi connectivity index (χ4n) is 2.30. The van der Waals surface area contributed by atoms with Crippen LogP contribution in [-0.4, -0.2) is 18.3 Å². The van der Waals surface area contributed by atoms with Crippen LogP contribution in [0, 0.1) is 5.92 Å². The predicted molar refractivity (Wildman–Crippen MR) is 84.5 cm³/mol. The van der Waals surface area contributed by atoms with Crippen LogP contribution in [0.15, 0.2) is 42.4 Å². The summed E-state index contributed by atoms with van der Waals surface area (Å²) in [6.07, 6.45) is 3.23. The van der Waals surface area contributed by atoms with E-state index in [2.05, 4.69) is 65.0 Å². The lowest BCUT2D eigenvalue weighted by atomic mass is 9.87. The van der Waals surface area contributed by atoms with Crippen LogP contribution in [0.25, 0.3) is 0 Å². The van der Waals surface area contributed by atoms with E-state index >= 15 is 0 Å². The van der Waals surface area contributed by atoms with Gasteiger partial charge >= 0.3 is 7.12 Å². The molecule has 1 saturated heterocycles. The van der Waals surface area contributed by atoms with Crippen LogP contribution in [0.1, 0.15) is 40.2 Å². The molecule has 0 N–H and O–H groups in total. The molecule has 1 aliphatic heterocycles. The Bertz CT molecular complexity index is 449. The summed E-state index contributed by atoms with van der Waals surface area (Å²) in [4.78, 5) is 0. The molecule has 20 heavy (non-hydrogen) atoms. The topological polar surface area (TPSA) is 18.5 Å². The lowest BCUT2D eigenvalue weighted by molar-refractivity contribution is 0.00578. The predicted octanol–water partition coefficient (Wildman–Crippen LogP) is 4.05. The van der Waals surface area contributed by atoms with E-state index in [0.29, 0.717) is 5.92 Å². The molecule has 0 aromatic heterocycles. The van der Waals surface area contributed by atoms with Gasteiger partial charge in [-0.15, -0.1) is 0 Å². The van der Waals surface area contributed by atoms with Crippen molar-refractivity contribution < 1.29 is 9.31 Å². The molecular weight excluding hydrogens is 247 g/mol. The Kier molecular flexibility index (Phi) is 4.41. The highest BCUT2D eigenvalue weighted by Gasteiger charge is 2.49. The van der Waals surface area contributed by atoms with E-state index < -0.39 is 0 Å². The van der Waals surface area contributed by atoms with Crippen molar-refractivity contribution >= 4 is 7.12 Å². The molecule has 2 nitrogen and oxygen atoms in total. The van der Waals surface area contributed by atoms with E-state index in [9.17, 15) is 0 Å². The smallest absolute Gasteiger partial charge is 0.400 e. The van der Waals surface area contributed by atoms with Crippen molar-refractivity contribution in [3.8, 4) is 0 Å². The molecule has 1 atom stereocenters. The second kappa shape index (κ2) is 5.75. The van der Waals surface area contributed by atoms with Crippen molar-refractivity contribution in [3.05, 3.63) is 47.9 Å². The fraction of sp³-hybridized carbons (Fsp3) is 0.529. The largest absolute Gasteiger partial charge is 0.486 e. The molecule has 0 saturated carbocycles. The Morgan fingerprint density at radius 1 is 1.05 bits per heavy atom. The Morgan fingerprint density at radius 3 is 2.15 bits per heavy atom. The van der Waals surface area contributed by atoms with E-state index in [1.807, 2.05) is 12.0 Å². The van der Waals surface area contributed by atoms with Gasteiger partial charge in [-0.2, -0.15) is 0 Å². The summed E-state index contributed by atoms with van der Waals surface area (Å²) >= 11 is 0.